The Morgan fingerprint density at radius 1 is 1.32 bits per heavy atom. The van der Waals surface area contributed by atoms with Gasteiger partial charge in [-0.05, 0) is 24.5 Å². The van der Waals surface area contributed by atoms with E-state index in [0.717, 1.165) is 24.8 Å². The molecule has 0 radical (unpaired) electrons. The van der Waals surface area contributed by atoms with Crippen LogP contribution in [0, 0.1) is 0 Å². The maximum absolute atomic E-state index is 11.6. The Hall–Kier alpha value is -1.88. The van der Waals surface area contributed by atoms with E-state index in [-0.39, 0.29) is 11.9 Å². The molecule has 1 fully saturated rings. The van der Waals surface area contributed by atoms with Gasteiger partial charge in [0.15, 0.2) is 5.82 Å². The predicted octanol–water partition coefficient (Wildman–Crippen LogP) is 2.92. The van der Waals surface area contributed by atoms with Crippen molar-refractivity contribution in [3.05, 3.63) is 46.6 Å². The van der Waals surface area contributed by atoms with Crippen LogP contribution in [0.5, 0.6) is 0 Å². The van der Waals surface area contributed by atoms with E-state index in [4.69, 9.17) is 16.1 Å². The van der Waals surface area contributed by atoms with Gasteiger partial charge in [0.2, 0.25) is 11.8 Å². The molecule has 116 valence electrons. The van der Waals surface area contributed by atoms with E-state index in [0.29, 0.717) is 36.0 Å². The molecule has 0 bridgehead atoms. The molecule has 1 saturated heterocycles. The summed E-state index contributed by atoms with van der Waals surface area (Å²) in [4.78, 5) is 16.0. The lowest BCUT2D eigenvalue weighted by Gasteiger charge is -2.12. The van der Waals surface area contributed by atoms with Gasteiger partial charge in [0.25, 0.3) is 0 Å². The van der Waals surface area contributed by atoms with Crippen LogP contribution >= 0.6 is 11.6 Å². The van der Waals surface area contributed by atoms with Crippen LogP contribution < -0.4 is 5.32 Å². The van der Waals surface area contributed by atoms with Crippen molar-refractivity contribution in [3.8, 4) is 0 Å². The molecule has 5 nitrogen and oxygen atoms in total. The summed E-state index contributed by atoms with van der Waals surface area (Å²) in [6.07, 6.45) is 4.68. The number of hydrogen-bond donors (Lipinski definition) is 1. The average Bonchev–Trinajstić information content (AvgIpc) is 2.82. The molecule has 1 aromatic heterocycles. The molecule has 1 aliphatic heterocycles. The second kappa shape index (κ2) is 6.92. The van der Waals surface area contributed by atoms with E-state index in [1.165, 1.54) is 0 Å². The van der Waals surface area contributed by atoms with Gasteiger partial charge in [-0.2, -0.15) is 4.98 Å². The van der Waals surface area contributed by atoms with E-state index in [1.807, 2.05) is 24.3 Å². The molecule has 1 unspecified atom stereocenters. The molecule has 1 aliphatic rings. The molecule has 0 saturated carbocycles. The van der Waals surface area contributed by atoms with Crippen LogP contribution in [0.2, 0.25) is 5.02 Å². The van der Waals surface area contributed by atoms with Crippen LogP contribution in [0.4, 0.5) is 0 Å². The zero-order chi connectivity index (χ0) is 15.4. The van der Waals surface area contributed by atoms with Gasteiger partial charge in [0.05, 0.1) is 0 Å². The van der Waals surface area contributed by atoms with Crippen LogP contribution in [-0.2, 0) is 17.6 Å². The number of carbonyl (C=O) groups excluding carboxylic acids is 1. The third-order valence-electron chi connectivity index (χ3n) is 3.81. The zero-order valence-corrected chi connectivity index (χ0v) is 13.0. The highest BCUT2D eigenvalue weighted by atomic mass is 35.5. The maximum Gasteiger partial charge on any atom is 0.228 e. The molecule has 1 N–H and O–H groups in total. The molecule has 2 aromatic rings. The molecule has 0 spiro atoms. The van der Waals surface area contributed by atoms with Gasteiger partial charge in [0.1, 0.15) is 0 Å². The predicted molar refractivity (Wildman–Crippen MR) is 82.7 cm³/mol. The highest BCUT2D eigenvalue weighted by Gasteiger charge is 2.19. The van der Waals surface area contributed by atoms with Gasteiger partial charge < -0.3 is 9.84 Å². The lowest BCUT2D eigenvalue weighted by atomic mass is 10.1. The van der Waals surface area contributed by atoms with E-state index >= 15 is 0 Å². The van der Waals surface area contributed by atoms with Crippen molar-refractivity contribution in [2.75, 3.05) is 0 Å². The molecule has 0 aliphatic carbocycles. The van der Waals surface area contributed by atoms with Crippen molar-refractivity contribution in [3.63, 3.8) is 0 Å². The van der Waals surface area contributed by atoms with Crippen LogP contribution in [0.3, 0.4) is 0 Å². The largest absolute Gasteiger partial charge is 0.353 e. The molecular weight excluding hydrogens is 302 g/mol. The van der Waals surface area contributed by atoms with Crippen molar-refractivity contribution < 1.29 is 9.32 Å². The fourth-order valence-electron chi connectivity index (χ4n) is 2.67. The number of carbonyl (C=O) groups is 1. The monoisotopic (exact) mass is 319 g/mol. The number of rotatable bonds is 4. The Labute approximate surface area is 134 Å². The van der Waals surface area contributed by atoms with Gasteiger partial charge in [-0.1, -0.05) is 41.4 Å². The van der Waals surface area contributed by atoms with Gasteiger partial charge in [-0.25, -0.2) is 0 Å². The van der Waals surface area contributed by atoms with Crippen molar-refractivity contribution in [2.45, 2.75) is 44.6 Å². The number of nitrogens with one attached hydrogen (secondary N) is 1. The Morgan fingerprint density at radius 2 is 2.18 bits per heavy atom. The van der Waals surface area contributed by atoms with Crippen molar-refractivity contribution >= 4 is 17.5 Å². The minimum atomic E-state index is 0.0867. The number of hydrogen-bond acceptors (Lipinski definition) is 4. The Morgan fingerprint density at radius 3 is 3.05 bits per heavy atom. The zero-order valence-electron chi connectivity index (χ0n) is 12.2. The second-order valence-electron chi connectivity index (χ2n) is 5.59. The first-order chi connectivity index (χ1) is 10.7. The molecule has 22 heavy (non-hydrogen) atoms. The molecule has 1 atom stereocenters. The molecule has 2 heterocycles. The van der Waals surface area contributed by atoms with Crippen LogP contribution in [-0.4, -0.2) is 22.1 Å². The fourth-order valence-corrected chi connectivity index (χ4v) is 2.87. The van der Waals surface area contributed by atoms with Crippen LogP contribution in [0.25, 0.3) is 0 Å². The van der Waals surface area contributed by atoms with Crippen LogP contribution in [0.15, 0.2) is 28.8 Å². The second-order valence-corrected chi connectivity index (χ2v) is 5.99. The van der Waals surface area contributed by atoms with E-state index in [9.17, 15) is 4.79 Å². The number of aromatic nitrogens is 2. The van der Waals surface area contributed by atoms with Crippen molar-refractivity contribution in [1.29, 1.82) is 0 Å². The van der Waals surface area contributed by atoms with Gasteiger partial charge >= 0.3 is 0 Å². The highest BCUT2D eigenvalue weighted by Crippen LogP contribution is 2.18. The summed E-state index contributed by atoms with van der Waals surface area (Å²) >= 11 is 6.14. The first-order valence-corrected chi connectivity index (χ1v) is 7.93. The maximum atomic E-state index is 11.6. The SMILES string of the molecule is O=C1CCCCC(Cc2nc(Cc3ccccc3Cl)no2)N1. The number of benzene rings is 1. The van der Waals surface area contributed by atoms with E-state index < -0.39 is 0 Å². The number of nitrogens with zero attached hydrogens (tertiary/aromatic N) is 2. The lowest BCUT2D eigenvalue weighted by Crippen LogP contribution is -2.34. The van der Waals surface area contributed by atoms with Crippen molar-refractivity contribution in [2.24, 2.45) is 0 Å². The van der Waals surface area contributed by atoms with Gasteiger partial charge in [0, 0.05) is 30.3 Å². The topological polar surface area (TPSA) is 68.0 Å². The third kappa shape index (κ3) is 3.85. The highest BCUT2D eigenvalue weighted by molar-refractivity contribution is 6.31. The summed E-state index contributed by atoms with van der Waals surface area (Å²) in [5.74, 6) is 1.29. The summed E-state index contributed by atoms with van der Waals surface area (Å²) in [6, 6.07) is 7.71. The minimum absolute atomic E-state index is 0.0867. The average molecular weight is 320 g/mol. The summed E-state index contributed by atoms with van der Waals surface area (Å²) in [6.45, 7) is 0. The lowest BCUT2D eigenvalue weighted by molar-refractivity contribution is -0.121. The molecule has 3 rings (SSSR count). The summed E-state index contributed by atoms with van der Waals surface area (Å²) in [5.41, 5.74) is 0.972. The normalized spacial score (nSPS) is 18.8. The molecule has 1 aromatic carbocycles. The van der Waals surface area contributed by atoms with Gasteiger partial charge in [-0.15, -0.1) is 0 Å². The quantitative estimate of drug-likeness (QED) is 0.940. The first-order valence-electron chi connectivity index (χ1n) is 7.55. The third-order valence-corrected chi connectivity index (χ3v) is 4.18. The van der Waals surface area contributed by atoms with E-state index in [2.05, 4.69) is 15.5 Å². The molecule has 6 heteroatoms. The molecular formula is C16H18ClN3O2. The minimum Gasteiger partial charge on any atom is -0.353 e. The summed E-state index contributed by atoms with van der Waals surface area (Å²) < 4.78 is 5.30. The number of amides is 1. The molecule has 1 amide bonds. The fraction of sp³-hybridized carbons (Fsp3) is 0.438. The standard InChI is InChI=1S/C16H18ClN3O2/c17-13-7-3-1-5-11(13)9-14-19-16(22-20-14)10-12-6-2-4-8-15(21)18-12/h1,3,5,7,12H,2,4,6,8-10H2,(H,18,21). The van der Waals surface area contributed by atoms with Crippen molar-refractivity contribution in [1.82, 2.24) is 15.5 Å². The smallest absolute Gasteiger partial charge is 0.228 e. The Balaban J connectivity index is 1.63. The Kier molecular flexibility index (Phi) is 4.73. The first kappa shape index (κ1) is 15.0. The summed E-state index contributed by atoms with van der Waals surface area (Å²) in [7, 11) is 0. The van der Waals surface area contributed by atoms with Crippen LogP contribution in [0.1, 0.15) is 43.0 Å². The Bertz CT molecular complexity index is 656. The van der Waals surface area contributed by atoms with E-state index in [1.54, 1.807) is 0 Å². The summed E-state index contributed by atoms with van der Waals surface area (Å²) in [5, 5.41) is 7.71. The van der Waals surface area contributed by atoms with Gasteiger partial charge in [-0.3, -0.25) is 4.79 Å². The number of halogens is 1.